The molecule has 1 heterocycles. The van der Waals surface area contributed by atoms with Gasteiger partial charge in [0.1, 0.15) is 0 Å². The molecule has 208 valence electrons. The standard InChI is InChI=1S/C20H15NO2.C10H14.3C2H6/c1-12-7-8-16(9-13(12)2)21-19(22)17-10-14-5-3-4-6-15(14)11-18(17)20(21)23;1-9(2)8-10-6-4-3-5-7-10;3*1-2/h3-11H,1-2H3;3-7,9H,8H2,1-2H3;3*1-2H3. The van der Waals surface area contributed by atoms with Crippen molar-refractivity contribution in [1.82, 2.24) is 0 Å². The SMILES string of the molecule is CC.CC.CC.CC(C)Cc1ccccc1.Cc1ccc(N2C(=O)c3cc4ccccc4cc3C2=O)cc1C. The van der Waals surface area contributed by atoms with Crippen molar-refractivity contribution in [2.24, 2.45) is 5.92 Å². The second-order valence-electron chi connectivity index (χ2n) is 9.04. The number of benzene rings is 4. The lowest BCUT2D eigenvalue weighted by Gasteiger charge is -2.15. The Morgan fingerprint density at radius 2 is 1.05 bits per heavy atom. The predicted octanol–water partition coefficient (Wildman–Crippen LogP) is 10.2. The monoisotopic (exact) mass is 525 g/mol. The molecule has 1 aliphatic heterocycles. The molecular weight excluding hydrogens is 478 g/mol. The van der Waals surface area contributed by atoms with Crippen LogP contribution < -0.4 is 4.90 Å². The largest absolute Gasteiger partial charge is 0.268 e. The number of rotatable bonds is 3. The maximum Gasteiger partial charge on any atom is 0.266 e. The third kappa shape index (κ3) is 8.64. The minimum Gasteiger partial charge on any atom is -0.268 e. The molecule has 0 saturated carbocycles. The van der Waals surface area contributed by atoms with Gasteiger partial charge in [-0.1, -0.05) is 116 Å². The number of carbonyl (C=O) groups excluding carboxylic acids is 2. The Balaban J connectivity index is 0.000000400. The van der Waals surface area contributed by atoms with E-state index in [9.17, 15) is 9.59 Å². The lowest BCUT2D eigenvalue weighted by Crippen LogP contribution is -2.29. The summed E-state index contributed by atoms with van der Waals surface area (Å²) in [6.07, 6.45) is 1.20. The van der Waals surface area contributed by atoms with E-state index in [4.69, 9.17) is 0 Å². The van der Waals surface area contributed by atoms with Gasteiger partial charge in [-0.3, -0.25) is 9.59 Å². The fraction of sp³-hybridized carbons (Fsp3) is 0.333. The minimum absolute atomic E-state index is 0.251. The van der Waals surface area contributed by atoms with Gasteiger partial charge in [0.05, 0.1) is 16.8 Å². The Hall–Kier alpha value is -3.72. The van der Waals surface area contributed by atoms with Crippen LogP contribution in [-0.2, 0) is 6.42 Å². The summed E-state index contributed by atoms with van der Waals surface area (Å²) >= 11 is 0. The smallest absolute Gasteiger partial charge is 0.266 e. The molecule has 0 bridgehead atoms. The van der Waals surface area contributed by atoms with Crippen LogP contribution >= 0.6 is 0 Å². The third-order valence-corrected chi connectivity index (χ3v) is 5.99. The van der Waals surface area contributed by atoms with Crippen molar-refractivity contribution in [1.29, 1.82) is 0 Å². The summed E-state index contributed by atoms with van der Waals surface area (Å²) < 4.78 is 0. The van der Waals surface area contributed by atoms with Crippen LogP contribution in [0.25, 0.3) is 10.8 Å². The lowest BCUT2D eigenvalue weighted by atomic mass is 10.0. The molecule has 0 saturated heterocycles. The van der Waals surface area contributed by atoms with Crippen molar-refractivity contribution < 1.29 is 9.59 Å². The topological polar surface area (TPSA) is 37.4 Å². The fourth-order valence-electron chi connectivity index (χ4n) is 4.11. The maximum atomic E-state index is 12.8. The number of fused-ring (bicyclic) bond motifs is 2. The molecule has 0 unspecified atom stereocenters. The van der Waals surface area contributed by atoms with E-state index in [1.54, 1.807) is 0 Å². The van der Waals surface area contributed by atoms with Gasteiger partial charge in [0.25, 0.3) is 11.8 Å². The average molecular weight is 526 g/mol. The van der Waals surface area contributed by atoms with Crippen molar-refractivity contribution in [2.45, 2.75) is 75.7 Å². The van der Waals surface area contributed by atoms with Crippen LogP contribution in [0.5, 0.6) is 0 Å². The first-order chi connectivity index (χ1) is 18.8. The number of hydrogen-bond acceptors (Lipinski definition) is 2. The molecule has 0 aliphatic carbocycles. The number of amides is 2. The second-order valence-corrected chi connectivity index (χ2v) is 9.04. The third-order valence-electron chi connectivity index (χ3n) is 5.99. The fourth-order valence-corrected chi connectivity index (χ4v) is 4.11. The van der Waals surface area contributed by atoms with E-state index in [1.165, 1.54) is 16.9 Å². The van der Waals surface area contributed by atoms with Gasteiger partial charge in [0.2, 0.25) is 0 Å². The summed E-state index contributed by atoms with van der Waals surface area (Å²) in [4.78, 5) is 26.8. The van der Waals surface area contributed by atoms with Gasteiger partial charge in [-0.25, -0.2) is 4.90 Å². The van der Waals surface area contributed by atoms with Crippen molar-refractivity contribution in [3.63, 3.8) is 0 Å². The zero-order valence-corrected chi connectivity index (χ0v) is 25.6. The summed E-state index contributed by atoms with van der Waals surface area (Å²) in [7, 11) is 0. The molecule has 2 amide bonds. The van der Waals surface area contributed by atoms with Crippen LogP contribution in [0, 0.1) is 19.8 Å². The zero-order valence-electron chi connectivity index (χ0n) is 25.6. The first kappa shape index (κ1) is 33.3. The highest BCUT2D eigenvalue weighted by molar-refractivity contribution is 6.35. The van der Waals surface area contributed by atoms with Gasteiger partial charge < -0.3 is 0 Å². The quantitative estimate of drug-likeness (QED) is 0.249. The molecule has 0 atom stereocenters. The Labute approximate surface area is 236 Å². The summed E-state index contributed by atoms with van der Waals surface area (Å²) in [5.74, 6) is 0.264. The molecule has 0 spiro atoms. The van der Waals surface area contributed by atoms with E-state index in [2.05, 4.69) is 44.2 Å². The summed E-state index contributed by atoms with van der Waals surface area (Å²) in [5.41, 5.74) is 5.22. The molecule has 4 aromatic rings. The van der Waals surface area contributed by atoms with E-state index in [0.29, 0.717) is 16.8 Å². The minimum atomic E-state index is -0.251. The predicted molar refractivity (Wildman–Crippen MR) is 170 cm³/mol. The number of aryl methyl sites for hydroxylation is 2. The van der Waals surface area contributed by atoms with Crippen LogP contribution in [0.1, 0.15) is 92.8 Å². The van der Waals surface area contributed by atoms with E-state index >= 15 is 0 Å². The first-order valence-corrected chi connectivity index (χ1v) is 14.4. The first-order valence-electron chi connectivity index (χ1n) is 14.4. The molecule has 1 aliphatic rings. The highest BCUT2D eigenvalue weighted by Gasteiger charge is 2.37. The van der Waals surface area contributed by atoms with E-state index in [1.807, 2.05) is 110 Å². The second kappa shape index (κ2) is 17.0. The Morgan fingerprint density at radius 1 is 0.590 bits per heavy atom. The number of nitrogens with zero attached hydrogens (tertiary/aromatic N) is 1. The van der Waals surface area contributed by atoms with Gasteiger partial charge in [-0.2, -0.15) is 0 Å². The molecular formula is C36H47NO2. The van der Waals surface area contributed by atoms with Crippen LogP contribution in [0.4, 0.5) is 5.69 Å². The van der Waals surface area contributed by atoms with Crippen molar-refractivity contribution in [3.8, 4) is 0 Å². The Morgan fingerprint density at radius 3 is 1.49 bits per heavy atom. The normalized spacial score (nSPS) is 11.2. The lowest BCUT2D eigenvalue weighted by molar-refractivity contribution is 0.0926. The molecule has 39 heavy (non-hydrogen) atoms. The maximum absolute atomic E-state index is 12.8. The molecule has 3 nitrogen and oxygen atoms in total. The molecule has 5 rings (SSSR count). The zero-order chi connectivity index (χ0) is 29.5. The molecule has 0 fully saturated rings. The Kier molecular flexibility index (Phi) is 14.5. The van der Waals surface area contributed by atoms with Crippen molar-refractivity contribution in [3.05, 3.63) is 113 Å². The van der Waals surface area contributed by atoms with E-state index in [0.717, 1.165) is 27.8 Å². The molecule has 4 aromatic carbocycles. The number of hydrogen-bond donors (Lipinski definition) is 0. The highest BCUT2D eigenvalue weighted by Crippen LogP contribution is 2.32. The van der Waals surface area contributed by atoms with Crippen LogP contribution in [-0.4, -0.2) is 11.8 Å². The van der Waals surface area contributed by atoms with Crippen LogP contribution in [0.3, 0.4) is 0 Å². The van der Waals surface area contributed by atoms with Gasteiger partial charge in [-0.15, -0.1) is 0 Å². The number of carbonyl (C=O) groups is 2. The number of imide groups is 1. The van der Waals surface area contributed by atoms with E-state index < -0.39 is 0 Å². The summed E-state index contributed by atoms with van der Waals surface area (Å²) in [6.45, 7) is 20.5. The van der Waals surface area contributed by atoms with Gasteiger partial charge in [0, 0.05) is 0 Å². The van der Waals surface area contributed by atoms with Crippen molar-refractivity contribution in [2.75, 3.05) is 4.90 Å². The van der Waals surface area contributed by atoms with Crippen LogP contribution in [0.15, 0.2) is 84.9 Å². The van der Waals surface area contributed by atoms with Gasteiger partial charge in [0.15, 0.2) is 0 Å². The van der Waals surface area contributed by atoms with Crippen LogP contribution in [0.2, 0.25) is 0 Å². The average Bonchev–Trinajstić information content (AvgIpc) is 3.21. The Bertz CT molecular complexity index is 1270. The molecule has 3 heteroatoms. The molecule has 0 N–H and O–H groups in total. The van der Waals surface area contributed by atoms with Crippen molar-refractivity contribution >= 4 is 28.3 Å². The molecule has 0 aromatic heterocycles. The van der Waals surface area contributed by atoms with E-state index in [-0.39, 0.29) is 11.8 Å². The molecule has 0 radical (unpaired) electrons. The summed E-state index contributed by atoms with van der Waals surface area (Å²) in [6, 6.07) is 27.6. The number of anilines is 1. The van der Waals surface area contributed by atoms with Gasteiger partial charge >= 0.3 is 0 Å². The summed E-state index contributed by atoms with van der Waals surface area (Å²) in [5, 5.41) is 1.93. The highest BCUT2D eigenvalue weighted by atomic mass is 16.2. The van der Waals surface area contributed by atoms with Gasteiger partial charge in [-0.05, 0) is 77.9 Å².